The first-order chi connectivity index (χ1) is 9.54. The highest BCUT2D eigenvalue weighted by Gasteiger charge is 2.34. The molecule has 1 rings (SSSR count). The van der Waals surface area contributed by atoms with Crippen LogP contribution in [-0.2, 0) is 6.18 Å². The van der Waals surface area contributed by atoms with Crippen molar-refractivity contribution in [1.82, 2.24) is 5.32 Å². The predicted octanol–water partition coefficient (Wildman–Crippen LogP) is 2.89. The van der Waals surface area contributed by atoms with E-state index in [-0.39, 0.29) is 16.5 Å². The maximum absolute atomic E-state index is 13.2. The van der Waals surface area contributed by atoms with Crippen LogP contribution in [0.1, 0.15) is 29.8 Å². The summed E-state index contributed by atoms with van der Waals surface area (Å²) in [7, 11) is 0. The van der Waals surface area contributed by atoms with E-state index in [1.54, 1.807) is 13.8 Å². The van der Waals surface area contributed by atoms with E-state index < -0.39 is 29.5 Å². The number of amides is 1. The van der Waals surface area contributed by atoms with Gasteiger partial charge in [-0.05, 0) is 24.1 Å². The van der Waals surface area contributed by atoms with E-state index in [9.17, 15) is 22.4 Å². The average molecular weight is 322 g/mol. The lowest BCUT2D eigenvalue weighted by Crippen LogP contribution is -2.46. The Labute approximate surface area is 124 Å². The van der Waals surface area contributed by atoms with Crippen LogP contribution in [0.25, 0.3) is 0 Å². The van der Waals surface area contributed by atoms with E-state index in [1.165, 1.54) is 0 Å². The number of carbonyl (C=O) groups is 1. The normalized spacial score (nSPS) is 13.1. The number of nitrogens with two attached hydrogens (primary N) is 1. The lowest BCUT2D eigenvalue weighted by molar-refractivity contribution is -0.140. The SMILES string of the molecule is CC(C)C(NC(=O)c1ccc(F)c(C(F)(F)F)c1)C(N)=S. The van der Waals surface area contributed by atoms with Gasteiger partial charge in [-0.3, -0.25) is 4.79 Å². The van der Waals surface area contributed by atoms with E-state index in [2.05, 4.69) is 5.32 Å². The van der Waals surface area contributed by atoms with Crippen LogP contribution in [0.3, 0.4) is 0 Å². The van der Waals surface area contributed by atoms with Gasteiger partial charge in [0.05, 0.1) is 16.6 Å². The number of halogens is 4. The first-order valence-corrected chi connectivity index (χ1v) is 6.41. The highest BCUT2D eigenvalue weighted by atomic mass is 32.1. The van der Waals surface area contributed by atoms with Gasteiger partial charge in [-0.25, -0.2) is 4.39 Å². The topological polar surface area (TPSA) is 55.1 Å². The predicted molar refractivity (Wildman–Crippen MR) is 74.3 cm³/mol. The molecular weight excluding hydrogens is 308 g/mol. The van der Waals surface area contributed by atoms with Crippen LogP contribution in [0, 0.1) is 11.7 Å². The van der Waals surface area contributed by atoms with Crippen LogP contribution in [0.2, 0.25) is 0 Å². The molecule has 3 N–H and O–H groups in total. The first-order valence-electron chi connectivity index (χ1n) is 6.01. The summed E-state index contributed by atoms with van der Waals surface area (Å²) in [5, 5.41) is 2.44. The Kier molecular flexibility index (Phi) is 5.27. The number of rotatable bonds is 4. The summed E-state index contributed by atoms with van der Waals surface area (Å²) in [4.78, 5) is 12.0. The Morgan fingerprint density at radius 2 is 1.90 bits per heavy atom. The first kappa shape index (κ1) is 17.4. The van der Waals surface area contributed by atoms with Gasteiger partial charge in [0.25, 0.3) is 5.91 Å². The van der Waals surface area contributed by atoms with Gasteiger partial charge >= 0.3 is 6.18 Å². The molecule has 0 aliphatic rings. The number of hydrogen-bond donors (Lipinski definition) is 2. The molecule has 21 heavy (non-hydrogen) atoms. The van der Waals surface area contributed by atoms with E-state index in [4.69, 9.17) is 18.0 Å². The van der Waals surface area contributed by atoms with E-state index >= 15 is 0 Å². The number of alkyl halides is 3. The third kappa shape index (κ3) is 4.38. The Bertz CT molecular complexity index is 558. The van der Waals surface area contributed by atoms with Crippen LogP contribution in [0.15, 0.2) is 18.2 Å². The second-order valence-corrected chi connectivity index (χ2v) is 5.26. The lowest BCUT2D eigenvalue weighted by Gasteiger charge is -2.21. The monoisotopic (exact) mass is 322 g/mol. The van der Waals surface area contributed by atoms with Crippen LogP contribution >= 0.6 is 12.2 Å². The van der Waals surface area contributed by atoms with Crippen LogP contribution in [0.4, 0.5) is 17.6 Å². The van der Waals surface area contributed by atoms with Gasteiger partial charge in [0.15, 0.2) is 0 Å². The zero-order valence-electron chi connectivity index (χ0n) is 11.3. The molecule has 1 aromatic rings. The molecule has 0 saturated carbocycles. The molecule has 0 bridgehead atoms. The lowest BCUT2D eigenvalue weighted by atomic mass is 10.0. The standard InChI is InChI=1S/C13H14F4N2OS/c1-6(2)10(11(18)21)19-12(20)7-3-4-9(14)8(5-7)13(15,16)17/h3-6,10H,1-2H3,(H2,18,21)(H,19,20). The molecule has 0 aliphatic heterocycles. The third-order valence-corrected chi connectivity index (χ3v) is 3.05. The minimum absolute atomic E-state index is 0.0245. The third-order valence-electron chi connectivity index (χ3n) is 2.79. The van der Waals surface area contributed by atoms with Crippen molar-refractivity contribution in [2.45, 2.75) is 26.1 Å². The van der Waals surface area contributed by atoms with Gasteiger partial charge in [0.2, 0.25) is 0 Å². The summed E-state index contributed by atoms with van der Waals surface area (Å²) in [6, 6.07) is 1.37. The molecule has 8 heteroatoms. The van der Waals surface area contributed by atoms with E-state index in [0.717, 1.165) is 6.07 Å². The maximum atomic E-state index is 13.2. The molecule has 0 saturated heterocycles. The van der Waals surface area contributed by atoms with E-state index in [1.807, 2.05) is 0 Å². The fourth-order valence-electron chi connectivity index (χ4n) is 1.67. The molecular formula is C13H14F4N2OS. The van der Waals surface area contributed by atoms with Gasteiger partial charge < -0.3 is 11.1 Å². The molecule has 0 fully saturated rings. The Morgan fingerprint density at radius 3 is 2.33 bits per heavy atom. The fourth-order valence-corrected chi connectivity index (χ4v) is 2.01. The smallest absolute Gasteiger partial charge is 0.392 e. The van der Waals surface area contributed by atoms with Gasteiger partial charge in [0.1, 0.15) is 5.82 Å². The molecule has 0 aromatic heterocycles. The van der Waals surface area contributed by atoms with Crippen molar-refractivity contribution in [2.24, 2.45) is 11.7 Å². The minimum atomic E-state index is -4.87. The number of nitrogens with one attached hydrogen (secondary N) is 1. The molecule has 1 unspecified atom stereocenters. The molecule has 3 nitrogen and oxygen atoms in total. The van der Waals surface area contributed by atoms with Gasteiger partial charge in [-0.15, -0.1) is 0 Å². The highest BCUT2D eigenvalue weighted by molar-refractivity contribution is 7.80. The van der Waals surface area contributed by atoms with Crippen molar-refractivity contribution in [1.29, 1.82) is 0 Å². The maximum Gasteiger partial charge on any atom is 0.419 e. The summed E-state index contributed by atoms with van der Waals surface area (Å²) in [6.45, 7) is 3.49. The minimum Gasteiger partial charge on any atom is -0.392 e. The molecule has 0 radical (unpaired) electrons. The van der Waals surface area contributed by atoms with Crippen molar-refractivity contribution in [3.05, 3.63) is 35.1 Å². The summed E-state index contributed by atoms with van der Waals surface area (Å²) < 4.78 is 51.0. The van der Waals surface area contributed by atoms with Gasteiger partial charge in [-0.1, -0.05) is 26.1 Å². The molecule has 0 heterocycles. The van der Waals surface area contributed by atoms with Crippen LogP contribution in [-0.4, -0.2) is 16.9 Å². The van der Waals surface area contributed by atoms with Crippen molar-refractivity contribution in [3.8, 4) is 0 Å². The summed E-state index contributed by atoms with van der Waals surface area (Å²) in [6.07, 6.45) is -4.87. The Balaban J connectivity index is 3.06. The zero-order valence-corrected chi connectivity index (χ0v) is 12.1. The molecule has 0 spiro atoms. The number of carbonyl (C=O) groups excluding carboxylic acids is 1. The molecule has 1 atom stereocenters. The van der Waals surface area contributed by atoms with Crippen molar-refractivity contribution in [3.63, 3.8) is 0 Å². The quantitative estimate of drug-likeness (QED) is 0.662. The van der Waals surface area contributed by atoms with Crippen molar-refractivity contribution < 1.29 is 22.4 Å². The van der Waals surface area contributed by atoms with E-state index in [0.29, 0.717) is 12.1 Å². The molecule has 1 amide bonds. The molecule has 116 valence electrons. The fraction of sp³-hybridized carbons (Fsp3) is 0.385. The Morgan fingerprint density at radius 1 is 1.33 bits per heavy atom. The highest BCUT2D eigenvalue weighted by Crippen LogP contribution is 2.31. The summed E-state index contributed by atoms with van der Waals surface area (Å²) in [5.41, 5.74) is 3.66. The molecule has 1 aromatic carbocycles. The summed E-state index contributed by atoms with van der Waals surface area (Å²) >= 11 is 4.79. The second-order valence-electron chi connectivity index (χ2n) is 4.79. The summed E-state index contributed by atoms with van der Waals surface area (Å²) in [5.74, 6) is -2.37. The van der Waals surface area contributed by atoms with Crippen molar-refractivity contribution in [2.75, 3.05) is 0 Å². The number of hydrogen-bond acceptors (Lipinski definition) is 2. The average Bonchev–Trinajstić information content (AvgIpc) is 2.33. The number of thiocarbonyl (C=S) groups is 1. The van der Waals surface area contributed by atoms with Crippen LogP contribution in [0.5, 0.6) is 0 Å². The largest absolute Gasteiger partial charge is 0.419 e. The van der Waals surface area contributed by atoms with Crippen molar-refractivity contribution >= 4 is 23.1 Å². The Hall–Kier alpha value is -1.70. The second kappa shape index (κ2) is 6.38. The number of benzene rings is 1. The molecule has 0 aliphatic carbocycles. The zero-order chi connectivity index (χ0) is 16.4. The van der Waals surface area contributed by atoms with Gasteiger partial charge in [0, 0.05) is 5.56 Å². The van der Waals surface area contributed by atoms with Gasteiger partial charge in [-0.2, -0.15) is 13.2 Å². The van der Waals surface area contributed by atoms with Crippen LogP contribution < -0.4 is 11.1 Å².